The summed E-state index contributed by atoms with van der Waals surface area (Å²) in [5.41, 5.74) is 0.364. The normalized spacial score (nSPS) is 11.3. The van der Waals surface area contributed by atoms with Crippen LogP contribution >= 0.6 is 0 Å². The largest absolute Gasteiger partial charge is 1.00 e. The molecular formula is C16H11KO3S. The summed E-state index contributed by atoms with van der Waals surface area (Å²) in [7, 11) is -4.51. The average Bonchev–Trinajstić information content (AvgIpc) is 2.44. The van der Waals surface area contributed by atoms with Crippen LogP contribution in [0.25, 0.3) is 27.6 Å². The molecule has 0 aliphatic carbocycles. The van der Waals surface area contributed by atoms with Crippen LogP contribution in [0.4, 0.5) is 0 Å². The first-order chi connectivity index (χ1) is 9.52. The quantitative estimate of drug-likeness (QED) is 0.393. The molecule has 0 bridgehead atoms. The Labute approximate surface area is 165 Å². The van der Waals surface area contributed by atoms with E-state index < -0.39 is 10.1 Å². The van der Waals surface area contributed by atoms with E-state index in [4.69, 9.17) is 0 Å². The van der Waals surface area contributed by atoms with Crippen LogP contribution in [0.5, 0.6) is 0 Å². The number of fused-ring (bicyclic) bond motifs is 3. The van der Waals surface area contributed by atoms with Crippen LogP contribution < -0.4 is 51.4 Å². The van der Waals surface area contributed by atoms with Crippen LogP contribution in [0.15, 0.2) is 60.0 Å². The molecule has 0 aliphatic rings. The summed E-state index contributed by atoms with van der Waals surface area (Å²) in [5, 5.41) is 3.71. The van der Waals surface area contributed by atoms with Gasteiger partial charge in [-0.1, -0.05) is 55.1 Å². The van der Waals surface area contributed by atoms with E-state index in [0.717, 1.165) is 21.5 Å². The molecule has 0 heterocycles. The first-order valence-corrected chi connectivity index (χ1v) is 7.46. The second-order valence-electron chi connectivity index (χ2n) is 4.52. The molecule has 0 aliphatic heterocycles. The standard InChI is InChI=1S/C16H12O3S.K/c1-2-12-14-8-7-11-5-3-4-6-13(11)15(14)9-10-16(12)20(17,18)19;/h2-10H,1H2,(H,17,18,19);/q;+1/p-1. The molecule has 0 saturated carbocycles. The molecule has 5 heteroatoms. The molecule has 0 aromatic heterocycles. The van der Waals surface area contributed by atoms with Crippen molar-refractivity contribution in [3.05, 3.63) is 60.7 Å². The maximum Gasteiger partial charge on any atom is 1.00 e. The van der Waals surface area contributed by atoms with Gasteiger partial charge in [0.2, 0.25) is 0 Å². The SMILES string of the molecule is C=Cc1c(S(=O)(=O)[O-])ccc2c1ccc1ccccc12.[K+]. The molecular weight excluding hydrogens is 311 g/mol. The molecule has 0 unspecified atom stereocenters. The van der Waals surface area contributed by atoms with Crippen molar-refractivity contribution in [3.63, 3.8) is 0 Å². The average molecular weight is 322 g/mol. The fourth-order valence-electron chi connectivity index (χ4n) is 2.52. The van der Waals surface area contributed by atoms with Crippen molar-refractivity contribution in [1.82, 2.24) is 0 Å². The number of rotatable bonds is 2. The smallest absolute Gasteiger partial charge is 0.744 e. The second-order valence-corrected chi connectivity index (χ2v) is 5.87. The third kappa shape index (κ3) is 3.00. The van der Waals surface area contributed by atoms with Gasteiger partial charge in [-0.05, 0) is 33.2 Å². The molecule has 0 saturated heterocycles. The summed E-state index contributed by atoms with van der Waals surface area (Å²) < 4.78 is 33.9. The van der Waals surface area contributed by atoms with Crippen molar-refractivity contribution in [2.45, 2.75) is 4.90 Å². The Morgan fingerprint density at radius 3 is 2.24 bits per heavy atom. The molecule has 0 spiro atoms. The Kier molecular flexibility index (Phi) is 5.05. The Hall–Kier alpha value is -0.534. The van der Waals surface area contributed by atoms with Gasteiger partial charge in [-0.3, -0.25) is 0 Å². The topological polar surface area (TPSA) is 57.2 Å². The van der Waals surface area contributed by atoms with Gasteiger partial charge in [0.15, 0.2) is 0 Å². The fourth-order valence-corrected chi connectivity index (χ4v) is 3.22. The Bertz CT molecular complexity index is 946. The van der Waals surface area contributed by atoms with Crippen molar-refractivity contribution in [2.75, 3.05) is 0 Å². The Morgan fingerprint density at radius 1 is 0.905 bits per heavy atom. The second kappa shape index (κ2) is 6.30. The molecule has 0 fully saturated rings. The minimum Gasteiger partial charge on any atom is -0.744 e. The third-order valence-electron chi connectivity index (χ3n) is 3.40. The van der Waals surface area contributed by atoms with E-state index in [9.17, 15) is 13.0 Å². The molecule has 21 heavy (non-hydrogen) atoms. The molecule has 0 atom stereocenters. The van der Waals surface area contributed by atoms with Crippen LogP contribution in [0.3, 0.4) is 0 Å². The fraction of sp³-hybridized carbons (Fsp3) is 0. The van der Waals surface area contributed by atoms with Gasteiger partial charge >= 0.3 is 51.4 Å². The number of benzene rings is 3. The maximum absolute atomic E-state index is 11.3. The van der Waals surface area contributed by atoms with E-state index in [1.165, 1.54) is 12.1 Å². The van der Waals surface area contributed by atoms with Gasteiger partial charge in [0, 0.05) is 0 Å². The molecule has 0 amide bonds. The monoisotopic (exact) mass is 322 g/mol. The summed E-state index contributed by atoms with van der Waals surface area (Å²) in [5.74, 6) is 0. The minimum absolute atomic E-state index is 0. The summed E-state index contributed by atoms with van der Waals surface area (Å²) in [6.07, 6.45) is 1.42. The third-order valence-corrected chi connectivity index (χ3v) is 4.30. The number of hydrogen-bond donors (Lipinski definition) is 0. The zero-order valence-corrected chi connectivity index (χ0v) is 15.5. The van der Waals surface area contributed by atoms with Crippen molar-refractivity contribution in [3.8, 4) is 0 Å². The van der Waals surface area contributed by atoms with Gasteiger partial charge in [0.25, 0.3) is 0 Å². The predicted molar refractivity (Wildman–Crippen MR) is 79.5 cm³/mol. The van der Waals surface area contributed by atoms with E-state index in [0.29, 0.717) is 5.56 Å². The van der Waals surface area contributed by atoms with E-state index in [-0.39, 0.29) is 56.3 Å². The van der Waals surface area contributed by atoms with Crippen molar-refractivity contribution < 1.29 is 64.4 Å². The molecule has 3 nitrogen and oxygen atoms in total. The van der Waals surface area contributed by atoms with Gasteiger partial charge < -0.3 is 4.55 Å². The van der Waals surface area contributed by atoms with Gasteiger partial charge in [0.05, 0.1) is 4.90 Å². The molecule has 100 valence electrons. The van der Waals surface area contributed by atoms with E-state index in [2.05, 4.69) is 6.58 Å². The van der Waals surface area contributed by atoms with Crippen molar-refractivity contribution >= 4 is 37.7 Å². The molecule has 3 rings (SSSR count). The van der Waals surface area contributed by atoms with Crippen LogP contribution in [-0.2, 0) is 10.1 Å². The van der Waals surface area contributed by atoms with E-state index >= 15 is 0 Å². The summed E-state index contributed by atoms with van der Waals surface area (Å²) in [4.78, 5) is -0.227. The summed E-state index contributed by atoms with van der Waals surface area (Å²) in [6, 6.07) is 14.6. The van der Waals surface area contributed by atoms with Gasteiger partial charge in [-0.2, -0.15) is 0 Å². The molecule has 0 N–H and O–H groups in total. The Balaban J connectivity index is 0.00000161. The predicted octanol–water partition coefficient (Wildman–Crippen LogP) is 0.544. The van der Waals surface area contributed by atoms with Crippen LogP contribution in [0.1, 0.15) is 5.56 Å². The Morgan fingerprint density at radius 2 is 1.57 bits per heavy atom. The first kappa shape index (κ1) is 16.8. The van der Waals surface area contributed by atoms with Crippen molar-refractivity contribution in [1.29, 1.82) is 0 Å². The first-order valence-electron chi connectivity index (χ1n) is 6.05. The zero-order valence-electron chi connectivity index (χ0n) is 11.5. The van der Waals surface area contributed by atoms with Gasteiger partial charge in [0.1, 0.15) is 10.1 Å². The maximum atomic E-state index is 11.3. The van der Waals surface area contributed by atoms with Gasteiger partial charge in [-0.25, -0.2) is 8.42 Å². The molecule has 3 aromatic carbocycles. The zero-order chi connectivity index (χ0) is 14.3. The minimum atomic E-state index is -4.51. The van der Waals surface area contributed by atoms with Crippen LogP contribution in [-0.4, -0.2) is 13.0 Å². The van der Waals surface area contributed by atoms with E-state index in [1.807, 2.05) is 36.4 Å². The molecule has 3 aromatic rings. The summed E-state index contributed by atoms with van der Waals surface area (Å²) in [6.45, 7) is 3.63. The van der Waals surface area contributed by atoms with Crippen LogP contribution in [0.2, 0.25) is 0 Å². The van der Waals surface area contributed by atoms with E-state index in [1.54, 1.807) is 6.07 Å². The molecule has 0 radical (unpaired) electrons. The van der Waals surface area contributed by atoms with Crippen LogP contribution in [0, 0.1) is 0 Å². The summed E-state index contributed by atoms with van der Waals surface area (Å²) >= 11 is 0. The number of hydrogen-bond acceptors (Lipinski definition) is 3. The van der Waals surface area contributed by atoms with Gasteiger partial charge in [-0.15, -0.1) is 0 Å². The van der Waals surface area contributed by atoms with Crippen molar-refractivity contribution in [2.24, 2.45) is 0 Å².